The fraction of sp³-hybridized carbons (Fsp3) is 0.244. The van der Waals surface area contributed by atoms with Gasteiger partial charge in [-0.2, -0.15) is 0 Å². The molecule has 58 heavy (non-hydrogen) atoms. The Labute approximate surface area is 346 Å². The fourth-order valence-corrected chi connectivity index (χ4v) is 8.93. The molecule has 1 aliphatic carbocycles. The van der Waals surface area contributed by atoms with Crippen molar-refractivity contribution >= 4 is 63.6 Å². The normalized spacial score (nSPS) is 14.0. The number of rotatable bonds is 15. The predicted molar refractivity (Wildman–Crippen MR) is 228 cm³/mol. The van der Waals surface area contributed by atoms with E-state index in [-0.39, 0.29) is 18.2 Å². The Kier molecular flexibility index (Phi) is 13.9. The number of benzene rings is 4. The number of ether oxygens (including phenoxy) is 4. The van der Waals surface area contributed by atoms with Gasteiger partial charge in [-0.25, -0.2) is 4.79 Å². The summed E-state index contributed by atoms with van der Waals surface area (Å²) in [6.45, 7) is 3.78. The zero-order valence-corrected chi connectivity index (χ0v) is 34.5. The van der Waals surface area contributed by atoms with Crippen molar-refractivity contribution < 1.29 is 38.1 Å². The first-order valence-corrected chi connectivity index (χ1v) is 20.5. The van der Waals surface area contributed by atoms with Gasteiger partial charge in [-0.15, -0.1) is 23.1 Å². The number of hydrogen-bond donors (Lipinski definition) is 3. The summed E-state index contributed by atoms with van der Waals surface area (Å²) in [4.78, 5) is 56.0. The summed E-state index contributed by atoms with van der Waals surface area (Å²) < 4.78 is 21.9. The quantitative estimate of drug-likeness (QED) is 0.0537. The zero-order valence-electron chi connectivity index (χ0n) is 32.9. The summed E-state index contributed by atoms with van der Waals surface area (Å²) in [6.07, 6.45) is 3.89. The monoisotopic (exact) mass is 819 g/mol. The van der Waals surface area contributed by atoms with Gasteiger partial charge in [-0.3, -0.25) is 14.4 Å². The molecular formula is C45H45N3O8S2. The molecular weight excluding hydrogens is 775 g/mol. The first-order chi connectivity index (χ1) is 28.1. The van der Waals surface area contributed by atoms with Crippen LogP contribution in [0.2, 0.25) is 0 Å². The minimum atomic E-state index is -0.600. The van der Waals surface area contributed by atoms with Crippen molar-refractivity contribution in [2.75, 3.05) is 38.6 Å². The van der Waals surface area contributed by atoms with Gasteiger partial charge in [0.05, 0.1) is 38.7 Å². The average Bonchev–Trinajstić information content (AvgIpc) is 3.61. The Balaban J connectivity index is 1.20. The second-order valence-electron chi connectivity index (χ2n) is 13.3. The number of thioether (sulfide) groups is 1. The van der Waals surface area contributed by atoms with Gasteiger partial charge in [0, 0.05) is 32.7 Å². The highest BCUT2D eigenvalue weighted by atomic mass is 32.2. The second kappa shape index (κ2) is 19.4. The van der Waals surface area contributed by atoms with Gasteiger partial charge in [0.25, 0.3) is 11.8 Å². The van der Waals surface area contributed by atoms with Gasteiger partial charge in [0.1, 0.15) is 16.4 Å². The van der Waals surface area contributed by atoms with Gasteiger partial charge >= 0.3 is 5.97 Å². The topological polar surface area (TPSA) is 141 Å². The van der Waals surface area contributed by atoms with E-state index >= 15 is 0 Å². The third kappa shape index (κ3) is 9.90. The van der Waals surface area contributed by atoms with Gasteiger partial charge in [0.15, 0.2) is 11.5 Å². The molecule has 1 aliphatic rings. The SMILES string of the molecule is CCOC(=O)c1c(NC(=O)C(C)Sc2cccc(NC(=O)/C(=C\c3cc(OC)c(OC)cc3OC)NC(=O)c3ccccc3)c2)sc2c1CCC(c1ccccc1)C2. The summed E-state index contributed by atoms with van der Waals surface area (Å²) in [5.41, 5.74) is 3.85. The molecule has 5 aromatic rings. The Morgan fingerprint density at radius 1 is 0.845 bits per heavy atom. The Hall–Kier alpha value is -6.05. The lowest BCUT2D eigenvalue weighted by Gasteiger charge is -2.23. The maximum atomic E-state index is 13.9. The van der Waals surface area contributed by atoms with E-state index in [9.17, 15) is 19.2 Å². The minimum Gasteiger partial charge on any atom is -0.496 e. The molecule has 0 radical (unpaired) electrons. The van der Waals surface area contributed by atoms with Gasteiger partial charge in [0.2, 0.25) is 5.91 Å². The highest BCUT2D eigenvalue weighted by Gasteiger charge is 2.31. The van der Waals surface area contributed by atoms with Gasteiger partial charge < -0.3 is 34.9 Å². The van der Waals surface area contributed by atoms with Crippen molar-refractivity contribution in [3.05, 3.63) is 135 Å². The van der Waals surface area contributed by atoms with Crippen molar-refractivity contribution in [1.82, 2.24) is 5.32 Å². The molecule has 0 saturated heterocycles. The van der Waals surface area contributed by atoms with Crippen LogP contribution in [0.25, 0.3) is 6.08 Å². The van der Waals surface area contributed by atoms with Gasteiger partial charge in [-0.05, 0) is 92.6 Å². The summed E-state index contributed by atoms with van der Waals surface area (Å²) >= 11 is 2.74. The summed E-state index contributed by atoms with van der Waals surface area (Å²) in [6, 6.07) is 29.2. The Morgan fingerprint density at radius 3 is 2.22 bits per heavy atom. The van der Waals surface area contributed by atoms with Gasteiger partial charge in [-0.1, -0.05) is 54.6 Å². The van der Waals surface area contributed by atoms with Crippen LogP contribution < -0.4 is 30.2 Å². The number of esters is 1. The number of carbonyl (C=O) groups excluding carboxylic acids is 4. The largest absolute Gasteiger partial charge is 0.496 e. The van der Waals surface area contributed by atoms with Crippen LogP contribution in [0.5, 0.6) is 17.2 Å². The number of thiophene rings is 1. The van der Waals surface area contributed by atoms with Crippen LogP contribution in [0.3, 0.4) is 0 Å². The van der Waals surface area contributed by atoms with Crippen LogP contribution in [0.15, 0.2) is 108 Å². The standard InChI is InChI=1S/C45H45N3O8S2/c1-6-56-45(52)40-34-21-20-30(28-14-9-7-10-15-28)24-39(34)58-44(40)48-41(49)27(2)57-33-19-13-18-32(25-33)46-43(51)35(47-42(50)29-16-11-8-12-17-29)22-31-23-37(54-4)38(55-5)26-36(31)53-3/h7-19,22-23,25-27,30H,6,20-21,24H2,1-5H3,(H,46,51)(H,47,50)(H,48,49)/b35-22+. The lowest BCUT2D eigenvalue weighted by Crippen LogP contribution is -2.30. The highest BCUT2D eigenvalue weighted by Crippen LogP contribution is 2.43. The summed E-state index contributed by atoms with van der Waals surface area (Å²) in [7, 11) is 4.48. The molecule has 6 rings (SSSR count). The van der Waals surface area contributed by atoms with Crippen molar-refractivity contribution in [2.45, 2.75) is 49.2 Å². The van der Waals surface area contributed by atoms with Crippen LogP contribution in [0.1, 0.15) is 68.5 Å². The second-order valence-corrected chi connectivity index (χ2v) is 15.9. The number of nitrogens with one attached hydrogen (secondary N) is 3. The molecule has 1 aromatic heterocycles. The molecule has 0 bridgehead atoms. The molecule has 300 valence electrons. The molecule has 0 spiro atoms. The molecule has 13 heteroatoms. The minimum absolute atomic E-state index is 0.0590. The third-order valence-electron chi connectivity index (χ3n) is 9.59. The van der Waals surface area contributed by atoms with Crippen LogP contribution in [-0.2, 0) is 27.2 Å². The molecule has 0 saturated carbocycles. The van der Waals surface area contributed by atoms with Crippen LogP contribution in [-0.4, -0.2) is 56.9 Å². The molecule has 0 fully saturated rings. The summed E-state index contributed by atoms with van der Waals surface area (Å²) in [5, 5.41) is 8.59. The molecule has 2 unspecified atom stereocenters. The number of hydrogen-bond acceptors (Lipinski definition) is 10. The van der Waals surface area contributed by atoms with Crippen molar-refractivity contribution in [2.24, 2.45) is 0 Å². The van der Waals surface area contributed by atoms with E-state index in [1.807, 2.05) is 24.3 Å². The van der Waals surface area contributed by atoms with E-state index in [1.165, 1.54) is 56.1 Å². The van der Waals surface area contributed by atoms with E-state index in [4.69, 9.17) is 18.9 Å². The number of carbonyl (C=O) groups is 4. The lowest BCUT2D eigenvalue weighted by molar-refractivity contribution is -0.115. The van der Waals surface area contributed by atoms with E-state index in [2.05, 4.69) is 28.1 Å². The van der Waals surface area contributed by atoms with E-state index in [0.717, 1.165) is 23.3 Å². The molecule has 3 amide bonds. The first kappa shape index (κ1) is 41.6. The predicted octanol–water partition coefficient (Wildman–Crippen LogP) is 8.75. The van der Waals surface area contributed by atoms with Crippen molar-refractivity contribution in [3.8, 4) is 17.2 Å². The molecule has 3 N–H and O–H groups in total. The number of anilines is 2. The average molecular weight is 820 g/mol. The van der Waals surface area contributed by atoms with E-state index < -0.39 is 23.0 Å². The molecule has 11 nitrogen and oxygen atoms in total. The zero-order chi connectivity index (χ0) is 41.2. The number of methoxy groups -OCH3 is 3. The maximum absolute atomic E-state index is 13.9. The van der Waals surface area contributed by atoms with Crippen LogP contribution in [0, 0.1) is 0 Å². The Bertz CT molecular complexity index is 2310. The molecule has 1 heterocycles. The third-order valence-corrected chi connectivity index (χ3v) is 11.9. The highest BCUT2D eigenvalue weighted by molar-refractivity contribution is 8.00. The smallest absolute Gasteiger partial charge is 0.341 e. The number of amides is 3. The molecule has 0 aliphatic heterocycles. The summed E-state index contributed by atoms with van der Waals surface area (Å²) in [5.74, 6) is -0.255. The number of fused-ring (bicyclic) bond motifs is 1. The van der Waals surface area contributed by atoms with Crippen molar-refractivity contribution in [1.29, 1.82) is 0 Å². The van der Waals surface area contributed by atoms with Crippen molar-refractivity contribution in [3.63, 3.8) is 0 Å². The maximum Gasteiger partial charge on any atom is 0.341 e. The lowest BCUT2D eigenvalue weighted by atomic mass is 9.83. The fourth-order valence-electron chi connectivity index (χ4n) is 6.68. The first-order valence-electron chi connectivity index (χ1n) is 18.8. The van der Waals surface area contributed by atoms with Crippen LogP contribution >= 0.6 is 23.1 Å². The Morgan fingerprint density at radius 2 is 1.53 bits per heavy atom. The van der Waals surface area contributed by atoms with Crippen LogP contribution in [0.4, 0.5) is 10.7 Å². The molecule has 4 aromatic carbocycles. The van der Waals surface area contributed by atoms with E-state index in [1.54, 1.807) is 74.5 Å². The molecule has 2 atom stereocenters. The van der Waals surface area contributed by atoms with E-state index in [0.29, 0.717) is 61.9 Å².